The van der Waals surface area contributed by atoms with E-state index in [1.165, 1.54) is 0 Å². The van der Waals surface area contributed by atoms with Gasteiger partial charge in [0.2, 0.25) is 0 Å². The van der Waals surface area contributed by atoms with Crippen LogP contribution in [0.2, 0.25) is 0 Å². The SMILES string of the molecule is [C]C(N)CN. The van der Waals surface area contributed by atoms with Gasteiger partial charge < -0.3 is 11.5 Å². The largest absolute Gasteiger partial charge is 0.329 e. The summed E-state index contributed by atoms with van der Waals surface area (Å²) in [6.07, 6.45) is 0. The van der Waals surface area contributed by atoms with Gasteiger partial charge in [0, 0.05) is 19.5 Å². The summed E-state index contributed by atoms with van der Waals surface area (Å²) in [6, 6.07) is -0.588. The monoisotopic (exact) mass is 71.1 g/mol. The summed E-state index contributed by atoms with van der Waals surface area (Å²) in [5.74, 6) is 0. The fourth-order valence-electron chi connectivity index (χ4n) is 0. The van der Waals surface area contributed by atoms with Crippen LogP contribution in [0.5, 0.6) is 0 Å². The van der Waals surface area contributed by atoms with Crippen LogP contribution in [-0.4, -0.2) is 12.6 Å². The van der Waals surface area contributed by atoms with Crippen molar-refractivity contribution >= 4 is 0 Å². The summed E-state index contributed by atoms with van der Waals surface area (Å²) in [6.45, 7) is 6.73. The normalized spacial score (nSPS) is 15.0. The van der Waals surface area contributed by atoms with E-state index < -0.39 is 6.04 Å². The molecule has 0 heterocycles. The second-order valence-electron chi connectivity index (χ2n) is 0.842. The second-order valence-corrected chi connectivity index (χ2v) is 0.842. The predicted octanol–water partition coefficient (Wildman–Crippen LogP) is -1.14. The standard InChI is InChI=1S/C3H7N2/c1-3(5)2-4/h3H,2,4-5H2. The van der Waals surface area contributed by atoms with Crippen molar-refractivity contribution in [1.82, 2.24) is 0 Å². The van der Waals surface area contributed by atoms with Crippen LogP contribution in [0.3, 0.4) is 0 Å². The summed E-state index contributed by atoms with van der Waals surface area (Å²) >= 11 is 0. The maximum Gasteiger partial charge on any atom is 0.0239 e. The molecule has 0 spiro atoms. The molecule has 2 heteroatoms. The lowest BCUT2D eigenvalue weighted by Crippen LogP contribution is -2.25. The van der Waals surface area contributed by atoms with Crippen molar-refractivity contribution in [2.24, 2.45) is 11.5 Å². The maximum absolute atomic E-state index is 6.48. The first-order valence-corrected chi connectivity index (χ1v) is 1.44. The van der Waals surface area contributed by atoms with Gasteiger partial charge in [-0.1, -0.05) is 0 Å². The number of hydrogen-bond donors (Lipinski definition) is 2. The molecule has 0 aliphatic heterocycles. The van der Waals surface area contributed by atoms with E-state index in [1.807, 2.05) is 0 Å². The fraction of sp³-hybridized carbons (Fsp3) is 0.667. The molecule has 29 valence electrons. The summed E-state index contributed by atoms with van der Waals surface area (Å²) in [5.41, 5.74) is 9.69. The molecule has 0 rings (SSSR count). The summed E-state index contributed by atoms with van der Waals surface area (Å²) < 4.78 is 0. The predicted molar refractivity (Wildman–Crippen MR) is 20.3 cm³/mol. The van der Waals surface area contributed by atoms with Crippen molar-refractivity contribution in [3.05, 3.63) is 6.92 Å². The smallest absolute Gasteiger partial charge is 0.0239 e. The van der Waals surface area contributed by atoms with E-state index in [-0.39, 0.29) is 6.54 Å². The summed E-state index contributed by atoms with van der Waals surface area (Å²) in [4.78, 5) is 0. The van der Waals surface area contributed by atoms with E-state index in [0.29, 0.717) is 0 Å². The molecule has 3 radical (unpaired) electrons. The molecule has 0 saturated heterocycles. The fourth-order valence-corrected chi connectivity index (χ4v) is 0. The Labute approximate surface area is 32.1 Å². The highest BCUT2D eigenvalue weighted by molar-refractivity contribution is 4.60. The molecule has 0 bridgehead atoms. The average Bonchev–Trinajstić information content (AvgIpc) is 1.38. The molecule has 0 aromatic heterocycles. The highest BCUT2D eigenvalue weighted by atomic mass is 14.7. The lowest BCUT2D eigenvalue weighted by Gasteiger charge is -1.91. The van der Waals surface area contributed by atoms with E-state index >= 15 is 0 Å². The molecule has 0 amide bonds. The molecule has 0 aliphatic rings. The molecule has 5 heavy (non-hydrogen) atoms. The second kappa shape index (κ2) is 2.18. The molecule has 0 aliphatic carbocycles. The van der Waals surface area contributed by atoms with Gasteiger partial charge in [-0.15, -0.1) is 0 Å². The number of nitrogens with two attached hydrogens (primary N) is 2. The molecule has 4 N–H and O–H groups in total. The van der Waals surface area contributed by atoms with Gasteiger partial charge in [-0.05, 0) is 0 Å². The minimum atomic E-state index is -0.588. The molecular formula is C3H7N2. The van der Waals surface area contributed by atoms with Crippen LogP contribution in [0.1, 0.15) is 0 Å². The molecule has 1 atom stereocenters. The number of rotatable bonds is 1. The average molecular weight is 71.1 g/mol. The van der Waals surface area contributed by atoms with Gasteiger partial charge in [-0.25, -0.2) is 0 Å². The van der Waals surface area contributed by atoms with Crippen molar-refractivity contribution in [3.63, 3.8) is 0 Å². The van der Waals surface area contributed by atoms with Crippen molar-refractivity contribution in [3.8, 4) is 0 Å². The van der Waals surface area contributed by atoms with E-state index in [2.05, 4.69) is 0 Å². The van der Waals surface area contributed by atoms with Gasteiger partial charge in [0.05, 0.1) is 0 Å². The zero-order chi connectivity index (χ0) is 4.28. The van der Waals surface area contributed by atoms with Crippen LogP contribution in [-0.2, 0) is 0 Å². The van der Waals surface area contributed by atoms with Gasteiger partial charge in [0.1, 0.15) is 0 Å². The Morgan fingerprint density at radius 2 is 2.00 bits per heavy atom. The Bertz CT molecular complexity index is 18.9. The topological polar surface area (TPSA) is 52.0 Å². The molecule has 1 unspecified atom stereocenters. The van der Waals surface area contributed by atoms with Crippen LogP contribution < -0.4 is 11.5 Å². The molecule has 0 aromatic carbocycles. The Hall–Kier alpha value is -0.0800. The molecule has 2 nitrogen and oxygen atoms in total. The van der Waals surface area contributed by atoms with Crippen LogP contribution in [0.4, 0.5) is 0 Å². The minimum absolute atomic E-state index is 0.250. The van der Waals surface area contributed by atoms with Crippen LogP contribution in [0.25, 0.3) is 0 Å². The van der Waals surface area contributed by atoms with Crippen molar-refractivity contribution in [2.45, 2.75) is 6.04 Å². The Balaban J connectivity index is 2.54. The van der Waals surface area contributed by atoms with Crippen LogP contribution in [0, 0.1) is 6.92 Å². The van der Waals surface area contributed by atoms with E-state index in [4.69, 9.17) is 18.4 Å². The quantitative estimate of drug-likeness (QED) is 0.410. The Morgan fingerprint density at radius 1 is 1.80 bits per heavy atom. The maximum atomic E-state index is 6.48. The number of hydrogen-bond acceptors (Lipinski definition) is 2. The molecule has 0 saturated carbocycles. The van der Waals surface area contributed by atoms with E-state index in [0.717, 1.165) is 0 Å². The van der Waals surface area contributed by atoms with Gasteiger partial charge in [-0.3, -0.25) is 0 Å². The zero-order valence-corrected chi connectivity index (χ0v) is 2.94. The molecule has 0 aromatic rings. The van der Waals surface area contributed by atoms with Crippen molar-refractivity contribution in [1.29, 1.82) is 0 Å². The lowest BCUT2D eigenvalue weighted by molar-refractivity contribution is 0.820. The third-order valence-corrected chi connectivity index (χ3v) is 0.254. The van der Waals surface area contributed by atoms with Gasteiger partial charge in [0.25, 0.3) is 0 Å². The third kappa shape index (κ3) is 3.92. The van der Waals surface area contributed by atoms with Crippen LogP contribution in [0.15, 0.2) is 0 Å². The van der Waals surface area contributed by atoms with E-state index in [1.54, 1.807) is 0 Å². The summed E-state index contributed by atoms with van der Waals surface area (Å²) in [5, 5.41) is 0. The highest BCUT2D eigenvalue weighted by Crippen LogP contribution is 1.57. The minimum Gasteiger partial charge on any atom is -0.329 e. The van der Waals surface area contributed by atoms with Gasteiger partial charge in [-0.2, -0.15) is 0 Å². The van der Waals surface area contributed by atoms with Crippen molar-refractivity contribution in [2.75, 3.05) is 6.54 Å². The lowest BCUT2D eigenvalue weighted by atomic mass is 10.4. The first kappa shape index (κ1) is 4.92. The summed E-state index contributed by atoms with van der Waals surface area (Å²) in [7, 11) is 0. The molecular weight excluding hydrogens is 64.0 g/mol. The third-order valence-electron chi connectivity index (χ3n) is 0.254. The van der Waals surface area contributed by atoms with Crippen LogP contribution >= 0.6 is 0 Å². The zero-order valence-electron chi connectivity index (χ0n) is 2.94. The first-order chi connectivity index (χ1) is 2.27. The van der Waals surface area contributed by atoms with Crippen molar-refractivity contribution < 1.29 is 0 Å². The Kier molecular flexibility index (Phi) is 2.14. The van der Waals surface area contributed by atoms with Gasteiger partial charge >= 0.3 is 0 Å². The molecule has 0 fully saturated rings. The highest BCUT2D eigenvalue weighted by Gasteiger charge is 1.81. The van der Waals surface area contributed by atoms with Gasteiger partial charge in [0.15, 0.2) is 0 Å². The first-order valence-electron chi connectivity index (χ1n) is 1.44. The Morgan fingerprint density at radius 3 is 2.00 bits per heavy atom. The van der Waals surface area contributed by atoms with E-state index in [9.17, 15) is 0 Å².